The first-order chi connectivity index (χ1) is 13.5. The lowest BCUT2D eigenvalue weighted by Crippen LogP contribution is -2.21. The van der Waals surface area contributed by atoms with Crippen LogP contribution in [-0.4, -0.2) is 41.8 Å². The molecule has 6 heteroatoms. The average Bonchev–Trinajstić information content (AvgIpc) is 2.81. The zero-order valence-corrected chi connectivity index (χ0v) is 16.8. The lowest BCUT2D eigenvalue weighted by atomic mass is 10.1. The molecule has 0 fully saturated rings. The van der Waals surface area contributed by atoms with Gasteiger partial charge in [-0.2, -0.15) is 0 Å². The van der Waals surface area contributed by atoms with E-state index >= 15 is 0 Å². The molecule has 0 saturated heterocycles. The van der Waals surface area contributed by atoms with Crippen molar-refractivity contribution in [3.8, 4) is 5.75 Å². The Balaban J connectivity index is 0.00000240. The molecule has 1 atom stereocenters. The summed E-state index contributed by atoms with van der Waals surface area (Å²) in [6.07, 6.45) is 0.862. The summed E-state index contributed by atoms with van der Waals surface area (Å²) in [6.45, 7) is 2.22. The fourth-order valence-electron chi connectivity index (χ4n) is 4.11. The van der Waals surface area contributed by atoms with Gasteiger partial charge in [0.1, 0.15) is 11.6 Å². The molecular weight excluding hydrogens is 391 g/mol. The number of ether oxygens (including phenoxy) is 1. The van der Waals surface area contributed by atoms with Gasteiger partial charge in [0.15, 0.2) is 0 Å². The molecule has 156 valence electrons. The molecule has 0 saturated carbocycles. The number of halogens is 2. The number of hydrogen-bond acceptors (Lipinski definition) is 3. The molecule has 4 nitrogen and oxygen atoms in total. The van der Waals surface area contributed by atoms with Gasteiger partial charge in [-0.1, -0.05) is 19.0 Å². The van der Waals surface area contributed by atoms with E-state index in [0.29, 0.717) is 17.3 Å². The number of methoxy groups -OCH3 is 1. The van der Waals surface area contributed by atoms with Gasteiger partial charge in [-0.05, 0) is 49.4 Å². The minimum Gasteiger partial charge on any atom is -0.497 e. The first-order valence-corrected chi connectivity index (χ1v) is 9.85. The molecule has 29 heavy (non-hydrogen) atoms. The fourth-order valence-corrected chi connectivity index (χ4v) is 4.28. The topological polar surface area (TPSA) is 37.6 Å². The van der Waals surface area contributed by atoms with E-state index in [1.54, 1.807) is 12.1 Å². The summed E-state index contributed by atoms with van der Waals surface area (Å²) in [5.74, 6) is -0.0245. The first kappa shape index (κ1) is 21.6. The van der Waals surface area contributed by atoms with Gasteiger partial charge in [0.25, 0.3) is 0 Å². The summed E-state index contributed by atoms with van der Waals surface area (Å²) in [4.78, 5) is 2.31. The number of fused-ring (bicyclic) bond motifs is 3. The minimum atomic E-state index is -0.956. The number of aliphatic hydroxyl groups is 1. The van der Waals surface area contributed by atoms with Gasteiger partial charge in [-0.3, -0.25) is 0 Å². The van der Waals surface area contributed by atoms with Crippen molar-refractivity contribution < 1.29 is 14.2 Å². The molecule has 2 heterocycles. The number of benzene rings is 2. The highest BCUT2D eigenvalue weighted by molar-refractivity contribution is 6.31. The van der Waals surface area contributed by atoms with E-state index in [-0.39, 0.29) is 13.0 Å². The van der Waals surface area contributed by atoms with E-state index in [0.717, 1.165) is 36.8 Å². The molecular formula is C23H28ClFN2O2. The van der Waals surface area contributed by atoms with Crippen LogP contribution in [0.2, 0.25) is 5.02 Å². The van der Waals surface area contributed by atoms with Crippen molar-refractivity contribution in [2.24, 2.45) is 0 Å². The predicted octanol–water partition coefficient (Wildman–Crippen LogP) is 4.84. The van der Waals surface area contributed by atoms with Crippen LogP contribution in [-0.2, 0) is 19.4 Å². The minimum absolute atomic E-state index is 0. The van der Waals surface area contributed by atoms with Gasteiger partial charge in [0.2, 0.25) is 0 Å². The smallest absolute Gasteiger partial charge is 0.132 e. The summed E-state index contributed by atoms with van der Waals surface area (Å²) in [5, 5.41) is 12.7. The Labute approximate surface area is 176 Å². The van der Waals surface area contributed by atoms with Crippen LogP contribution in [0.4, 0.5) is 4.39 Å². The summed E-state index contributed by atoms with van der Waals surface area (Å²) in [5.41, 5.74) is 3.79. The molecule has 4 rings (SSSR count). The van der Waals surface area contributed by atoms with Crippen molar-refractivity contribution in [2.75, 3.05) is 27.2 Å². The Bertz CT molecular complexity index is 1020. The number of nitrogens with zero attached hydrogens (tertiary/aromatic N) is 2. The molecule has 0 aliphatic carbocycles. The molecule has 3 aromatic rings. The molecule has 1 aromatic heterocycles. The summed E-state index contributed by atoms with van der Waals surface area (Å²) < 4.78 is 21.7. The average molecular weight is 419 g/mol. The van der Waals surface area contributed by atoms with Crippen molar-refractivity contribution in [3.63, 3.8) is 0 Å². The van der Waals surface area contributed by atoms with Gasteiger partial charge in [-0.15, -0.1) is 0 Å². The quantitative estimate of drug-likeness (QED) is 0.658. The van der Waals surface area contributed by atoms with Gasteiger partial charge in [0.05, 0.1) is 19.8 Å². The molecule has 1 N–H and O–H groups in total. The highest BCUT2D eigenvalue weighted by Gasteiger charge is 2.23. The monoisotopic (exact) mass is 418 g/mol. The zero-order chi connectivity index (χ0) is 19.8. The highest BCUT2D eigenvalue weighted by Crippen LogP contribution is 2.33. The molecule has 0 amide bonds. The molecule has 1 aliphatic rings. The van der Waals surface area contributed by atoms with E-state index in [4.69, 9.17) is 16.3 Å². The van der Waals surface area contributed by atoms with Crippen molar-refractivity contribution in [1.82, 2.24) is 9.47 Å². The number of likely N-dealkylation sites (N-methyl/N-ethyl adjacent to an activating group) is 1. The molecule has 1 aliphatic heterocycles. The third kappa shape index (κ3) is 4.13. The Hall–Kier alpha value is -2.08. The second-order valence-electron chi connectivity index (χ2n) is 7.40. The number of aliphatic hydroxyl groups excluding tert-OH is 1. The second-order valence-corrected chi connectivity index (χ2v) is 7.84. The van der Waals surface area contributed by atoms with Crippen LogP contribution < -0.4 is 4.74 Å². The zero-order valence-electron chi connectivity index (χ0n) is 16.1. The van der Waals surface area contributed by atoms with Crippen LogP contribution in [0.1, 0.15) is 30.4 Å². The van der Waals surface area contributed by atoms with Crippen LogP contribution in [0.15, 0.2) is 36.4 Å². The Morgan fingerprint density at radius 3 is 2.66 bits per heavy atom. The number of aromatic nitrogens is 1. The maximum absolute atomic E-state index is 14.5. The van der Waals surface area contributed by atoms with Gasteiger partial charge < -0.3 is 19.3 Å². The summed E-state index contributed by atoms with van der Waals surface area (Å²) in [7, 11) is 3.61. The van der Waals surface area contributed by atoms with E-state index in [1.165, 1.54) is 24.4 Å². The van der Waals surface area contributed by atoms with Crippen LogP contribution in [0, 0.1) is 5.82 Å². The van der Waals surface area contributed by atoms with Crippen molar-refractivity contribution in [1.29, 1.82) is 0 Å². The molecule has 0 radical (unpaired) electrons. The maximum atomic E-state index is 14.5. The van der Waals surface area contributed by atoms with E-state index in [9.17, 15) is 9.50 Å². The van der Waals surface area contributed by atoms with Crippen molar-refractivity contribution >= 4 is 22.5 Å². The SMILES string of the molecule is C.COc1ccc(C(O)Cn2c3c(c4cc(Cl)ccc42)CCN(C)CC3)c(F)c1. The fraction of sp³-hybridized carbons (Fsp3) is 0.391. The lowest BCUT2D eigenvalue weighted by Gasteiger charge is -2.18. The third-order valence-corrected chi connectivity index (χ3v) is 5.88. The molecule has 1 unspecified atom stereocenters. The standard InChI is InChI=1S/C22H24ClFN2O2.CH4/c1-25-9-7-16-18-11-14(23)3-6-20(18)26(21(16)8-10-25)13-22(27)17-5-4-15(28-2)12-19(17)24;/h3-6,11-12,22,27H,7-10,13H2,1-2H3;1H4. The van der Waals surface area contributed by atoms with Gasteiger partial charge in [0, 0.05) is 52.8 Å². The second kappa shape index (κ2) is 8.74. The first-order valence-electron chi connectivity index (χ1n) is 9.47. The van der Waals surface area contributed by atoms with Crippen LogP contribution in [0.25, 0.3) is 10.9 Å². The number of hydrogen-bond donors (Lipinski definition) is 1. The van der Waals surface area contributed by atoms with Gasteiger partial charge >= 0.3 is 0 Å². The summed E-state index contributed by atoms with van der Waals surface area (Å²) >= 11 is 6.26. The van der Waals surface area contributed by atoms with Gasteiger partial charge in [-0.25, -0.2) is 4.39 Å². The Morgan fingerprint density at radius 2 is 1.93 bits per heavy atom. The summed E-state index contributed by atoms with van der Waals surface area (Å²) in [6, 6.07) is 10.4. The van der Waals surface area contributed by atoms with E-state index < -0.39 is 11.9 Å². The lowest BCUT2D eigenvalue weighted by molar-refractivity contribution is 0.152. The van der Waals surface area contributed by atoms with Crippen LogP contribution in [0.5, 0.6) is 5.75 Å². The Kier molecular flexibility index (Phi) is 6.52. The molecule has 2 aromatic carbocycles. The maximum Gasteiger partial charge on any atom is 0.132 e. The predicted molar refractivity (Wildman–Crippen MR) is 116 cm³/mol. The van der Waals surface area contributed by atoms with Crippen LogP contribution >= 0.6 is 11.6 Å². The van der Waals surface area contributed by atoms with Crippen molar-refractivity contribution in [3.05, 3.63) is 64.1 Å². The van der Waals surface area contributed by atoms with E-state index in [2.05, 4.69) is 16.5 Å². The third-order valence-electron chi connectivity index (χ3n) is 5.64. The van der Waals surface area contributed by atoms with Crippen molar-refractivity contribution in [2.45, 2.75) is 32.9 Å². The van der Waals surface area contributed by atoms with E-state index in [1.807, 2.05) is 18.2 Å². The normalized spacial score (nSPS) is 15.5. The largest absolute Gasteiger partial charge is 0.497 e. The number of rotatable bonds is 4. The highest BCUT2D eigenvalue weighted by atomic mass is 35.5. The van der Waals surface area contributed by atoms with Crippen LogP contribution in [0.3, 0.4) is 0 Å². The molecule has 0 spiro atoms. The Morgan fingerprint density at radius 1 is 1.17 bits per heavy atom. The molecule has 0 bridgehead atoms.